The van der Waals surface area contributed by atoms with Gasteiger partial charge in [0.25, 0.3) is 0 Å². The molecular weight excluding hydrogens is 230 g/mol. The third-order valence-electron chi connectivity index (χ3n) is 1.78. The zero-order valence-corrected chi connectivity index (χ0v) is 9.45. The second-order valence-corrected chi connectivity index (χ2v) is 4.63. The first-order chi connectivity index (χ1) is 7.51. The van der Waals surface area contributed by atoms with Gasteiger partial charge in [-0.1, -0.05) is 18.7 Å². The lowest BCUT2D eigenvalue weighted by atomic mass is 10.3. The number of nitrogens with one attached hydrogen (secondary N) is 1. The van der Waals surface area contributed by atoms with Crippen LogP contribution in [0.15, 0.2) is 41.8 Å². The summed E-state index contributed by atoms with van der Waals surface area (Å²) in [6, 6.07) is 5.85. The topological polar surface area (TPSA) is 72.5 Å². The number of carbonyl (C=O) groups is 1. The summed E-state index contributed by atoms with van der Waals surface area (Å²) in [6.45, 7) is 3.23. The molecule has 0 radical (unpaired) electrons. The molecule has 0 saturated carbocycles. The third kappa shape index (κ3) is 2.68. The number of sulfonamides is 1. The first kappa shape index (κ1) is 12.4. The fourth-order valence-corrected chi connectivity index (χ4v) is 1.87. The highest BCUT2D eigenvalue weighted by Gasteiger charge is 2.18. The van der Waals surface area contributed by atoms with Crippen LogP contribution in [-0.2, 0) is 14.8 Å². The highest BCUT2D eigenvalue weighted by molar-refractivity contribution is 7.89. The van der Waals surface area contributed by atoms with Gasteiger partial charge in [0.05, 0.1) is 0 Å². The molecule has 1 rings (SSSR count). The first-order valence-corrected chi connectivity index (χ1v) is 5.86. The van der Waals surface area contributed by atoms with Crippen molar-refractivity contribution in [3.63, 3.8) is 0 Å². The Kier molecular flexibility index (Phi) is 3.81. The molecule has 0 spiro atoms. The summed E-state index contributed by atoms with van der Waals surface area (Å²) in [4.78, 5) is 10.9. The van der Waals surface area contributed by atoms with E-state index in [1.807, 2.05) is 0 Å². The van der Waals surface area contributed by atoms with Crippen molar-refractivity contribution in [2.45, 2.75) is 4.90 Å². The van der Waals surface area contributed by atoms with Crippen molar-refractivity contribution in [3.8, 4) is 5.75 Å². The molecule has 0 saturated heterocycles. The molecule has 0 aliphatic rings. The van der Waals surface area contributed by atoms with Gasteiger partial charge >= 0.3 is 5.97 Å². The summed E-state index contributed by atoms with van der Waals surface area (Å²) < 4.78 is 30.1. The monoisotopic (exact) mass is 241 g/mol. The summed E-state index contributed by atoms with van der Waals surface area (Å²) in [5.41, 5.74) is 0. The summed E-state index contributed by atoms with van der Waals surface area (Å²) in [5, 5.41) is 0. The van der Waals surface area contributed by atoms with Gasteiger partial charge in [-0.25, -0.2) is 17.9 Å². The van der Waals surface area contributed by atoms with Gasteiger partial charge in [0.1, 0.15) is 4.90 Å². The van der Waals surface area contributed by atoms with E-state index in [4.69, 9.17) is 4.74 Å². The molecule has 16 heavy (non-hydrogen) atoms. The van der Waals surface area contributed by atoms with Crippen LogP contribution in [0.1, 0.15) is 0 Å². The Morgan fingerprint density at radius 1 is 1.44 bits per heavy atom. The maximum absolute atomic E-state index is 11.6. The largest absolute Gasteiger partial charge is 0.422 e. The molecule has 0 aliphatic heterocycles. The van der Waals surface area contributed by atoms with Gasteiger partial charge in [0.2, 0.25) is 10.0 Å². The molecule has 1 aromatic carbocycles. The van der Waals surface area contributed by atoms with E-state index in [1.54, 1.807) is 6.07 Å². The van der Waals surface area contributed by atoms with E-state index in [0.29, 0.717) is 0 Å². The minimum absolute atomic E-state index is 0.0262. The lowest BCUT2D eigenvalue weighted by molar-refractivity contribution is -0.129. The van der Waals surface area contributed by atoms with Gasteiger partial charge in [-0.15, -0.1) is 0 Å². The lowest BCUT2D eigenvalue weighted by Crippen LogP contribution is -2.20. The van der Waals surface area contributed by atoms with Gasteiger partial charge in [-0.2, -0.15) is 0 Å². The van der Waals surface area contributed by atoms with Crippen LogP contribution in [0.4, 0.5) is 0 Å². The Labute approximate surface area is 93.8 Å². The van der Waals surface area contributed by atoms with Crippen LogP contribution in [0.3, 0.4) is 0 Å². The van der Waals surface area contributed by atoms with Crippen molar-refractivity contribution in [1.82, 2.24) is 4.72 Å². The van der Waals surface area contributed by atoms with E-state index >= 15 is 0 Å². The number of hydrogen-bond acceptors (Lipinski definition) is 4. The van der Waals surface area contributed by atoms with Crippen molar-refractivity contribution in [2.75, 3.05) is 7.05 Å². The second kappa shape index (κ2) is 4.91. The third-order valence-corrected chi connectivity index (χ3v) is 3.24. The Morgan fingerprint density at radius 3 is 2.62 bits per heavy atom. The molecule has 6 heteroatoms. The van der Waals surface area contributed by atoms with E-state index in [1.165, 1.54) is 25.2 Å². The van der Waals surface area contributed by atoms with Crippen molar-refractivity contribution in [2.24, 2.45) is 0 Å². The summed E-state index contributed by atoms with van der Waals surface area (Å²) in [6.07, 6.45) is 0.961. The molecule has 1 aromatic rings. The lowest BCUT2D eigenvalue weighted by Gasteiger charge is -2.08. The average Bonchev–Trinajstić information content (AvgIpc) is 2.29. The first-order valence-electron chi connectivity index (χ1n) is 4.38. The Balaban J connectivity index is 3.21. The van der Waals surface area contributed by atoms with Crippen LogP contribution in [0.25, 0.3) is 0 Å². The Hall–Kier alpha value is -1.66. The molecule has 0 bridgehead atoms. The van der Waals surface area contributed by atoms with Gasteiger partial charge in [-0.3, -0.25) is 0 Å². The van der Waals surface area contributed by atoms with Crippen LogP contribution in [-0.4, -0.2) is 21.4 Å². The molecule has 0 heterocycles. The molecule has 0 fully saturated rings. The molecule has 0 unspecified atom stereocenters. The maximum atomic E-state index is 11.6. The molecule has 0 atom stereocenters. The van der Waals surface area contributed by atoms with Crippen LogP contribution in [0.5, 0.6) is 5.75 Å². The summed E-state index contributed by atoms with van der Waals surface area (Å²) >= 11 is 0. The number of benzene rings is 1. The van der Waals surface area contributed by atoms with E-state index in [-0.39, 0.29) is 10.6 Å². The molecular formula is C10H11NO4S. The highest BCUT2D eigenvalue weighted by atomic mass is 32.2. The van der Waals surface area contributed by atoms with Crippen molar-refractivity contribution in [1.29, 1.82) is 0 Å². The normalized spacial score (nSPS) is 10.8. The van der Waals surface area contributed by atoms with Crippen LogP contribution in [0.2, 0.25) is 0 Å². The van der Waals surface area contributed by atoms with Gasteiger partial charge in [0.15, 0.2) is 5.75 Å². The number of hydrogen-bond donors (Lipinski definition) is 1. The number of esters is 1. The van der Waals surface area contributed by atoms with Crippen molar-refractivity contribution >= 4 is 16.0 Å². The molecule has 0 amide bonds. The number of ether oxygens (including phenoxy) is 1. The van der Waals surface area contributed by atoms with Gasteiger partial charge in [-0.05, 0) is 19.2 Å². The zero-order valence-electron chi connectivity index (χ0n) is 8.64. The average molecular weight is 241 g/mol. The molecule has 5 nitrogen and oxygen atoms in total. The zero-order chi connectivity index (χ0) is 12.2. The van der Waals surface area contributed by atoms with E-state index in [2.05, 4.69) is 11.3 Å². The second-order valence-electron chi connectivity index (χ2n) is 2.78. The van der Waals surface area contributed by atoms with Crippen molar-refractivity contribution in [3.05, 3.63) is 36.9 Å². The number of rotatable bonds is 4. The quantitative estimate of drug-likeness (QED) is 0.478. The summed E-state index contributed by atoms with van der Waals surface area (Å²) in [7, 11) is -2.37. The smallest absolute Gasteiger partial charge is 0.335 e. The van der Waals surface area contributed by atoms with E-state index in [0.717, 1.165) is 6.08 Å². The van der Waals surface area contributed by atoms with Gasteiger partial charge < -0.3 is 4.74 Å². The Morgan fingerprint density at radius 2 is 2.06 bits per heavy atom. The standard InChI is InChI=1S/C10H11NO4S/c1-3-10(12)15-8-6-4-5-7-9(8)16(13,14)11-2/h3-7,11H,1H2,2H3. The van der Waals surface area contributed by atoms with Crippen LogP contribution in [0, 0.1) is 0 Å². The van der Waals surface area contributed by atoms with E-state index < -0.39 is 16.0 Å². The molecule has 0 aliphatic carbocycles. The SMILES string of the molecule is C=CC(=O)Oc1ccccc1S(=O)(=O)NC. The maximum Gasteiger partial charge on any atom is 0.335 e. The number of carbonyl (C=O) groups excluding carboxylic acids is 1. The van der Waals surface area contributed by atoms with E-state index in [9.17, 15) is 13.2 Å². The molecule has 86 valence electrons. The fourth-order valence-electron chi connectivity index (χ4n) is 1.02. The predicted octanol–water partition coefficient (Wildman–Crippen LogP) is 0.686. The molecule has 1 N–H and O–H groups in total. The summed E-state index contributed by atoms with van der Waals surface area (Å²) in [5.74, 6) is -0.736. The predicted molar refractivity (Wildman–Crippen MR) is 58.5 cm³/mol. The number of para-hydroxylation sites is 1. The highest BCUT2D eigenvalue weighted by Crippen LogP contribution is 2.22. The van der Waals surface area contributed by atoms with Crippen LogP contribution < -0.4 is 9.46 Å². The minimum Gasteiger partial charge on any atom is -0.422 e. The minimum atomic E-state index is -3.64. The van der Waals surface area contributed by atoms with Crippen molar-refractivity contribution < 1.29 is 17.9 Å². The van der Waals surface area contributed by atoms with Crippen LogP contribution >= 0.6 is 0 Å². The Bertz CT molecular complexity index is 507. The fraction of sp³-hybridized carbons (Fsp3) is 0.100. The van der Waals surface area contributed by atoms with Gasteiger partial charge in [0, 0.05) is 6.08 Å². The molecule has 0 aromatic heterocycles.